The molecule has 0 aliphatic heterocycles. The van der Waals surface area contributed by atoms with Crippen molar-refractivity contribution >= 4 is 11.6 Å². The number of rotatable bonds is 3. The standard InChI is InChI=1S/C14H19Cl/c1-5-6-7-10(2)13-8-11(3)12(4)9-14(13)15/h5-6,8-10H,7H2,1-4H3/b6-5-. The molecule has 1 aromatic rings. The van der Waals surface area contributed by atoms with Gasteiger partial charge in [-0.25, -0.2) is 0 Å². The first-order valence-corrected chi connectivity index (χ1v) is 5.81. The van der Waals surface area contributed by atoms with Crippen LogP contribution in [0, 0.1) is 13.8 Å². The van der Waals surface area contributed by atoms with Crippen molar-refractivity contribution < 1.29 is 0 Å². The Balaban J connectivity index is 2.98. The van der Waals surface area contributed by atoms with Crippen molar-refractivity contribution in [3.05, 3.63) is 46.0 Å². The number of hydrogen-bond acceptors (Lipinski definition) is 0. The second-order valence-corrected chi connectivity index (χ2v) is 4.57. The molecular formula is C14H19Cl. The molecule has 82 valence electrons. The van der Waals surface area contributed by atoms with E-state index in [0.29, 0.717) is 5.92 Å². The van der Waals surface area contributed by atoms with Crippen LogP contribution >= 0.6 is 11.6 Å². The van der Waals surface area contributed by atoms with Gasteiger partial charge in [0.25, 0.3) is 0 Å². The zero-order valence-corrected chi connectivity index (χ0v) is 10.7. The van der Waals surface area contributed by atoms with Gasteiger partial charge in [-0.2, -0.15) is 0 Å². The van der Waals surface area contributed by atoms with Gasteiger partial charge in [-0.1, -0.05) is 36.7 Å². The minimum atomic E-state index is 0.494. The number of allylic oxidation sites excluding steroid dienone is 2. The van der Waals surface area contributed by atoms with Crippen molar-refractivity contribution in [2.75, 3.05) is 0 Å². The summed E-state index contributed by atoms with van der Waals surface area (Å²) < 4.78 is 0. The predicted octanol–water partition coefficient (Wildman–Crippen LogP) is 5.03. The third kappa shape index (κ3) is 3.10. The Kier molecular flexibility index (Phi) is 4.41. The Bertz CT molecular complexity index is 364. The molecule has 0 aliphatic carbocycles. The maximum absolute atomic E-state index is 6.25. The van der Waals surface area contributed by atoms with Crippen molar-refractivity contribution in [3.63, 3.8) is 0 Å². The van der Waals surface area contributed by atoms with Gasteiger partial charge in [0.2, 0.25) is 0 Å². The van der Waals surface area contributed by atoms with E-state index >= 15 is 0 Å². The maximum atomic E-state index is 6.25. The van der Waals surface area contributed by atoms with E-state index in [9.17, 15) is 0 Å². The van der Waals surface area contributed by atoms with E-state index in [1.165, 1.54) is 16.7 Å². The van der Waals surface area contributed by atoms with Crippen LogP contribution in [-0.4, -0.2) is 0 Å². The summed E-state index contributed by atoms with van der Waals surface area (Å²) >= 11 is 6.25. The predicted molar refractivity (Wildman–Crippen MR) is 68.8 cm³/mol. The number of benzene rings is 1. The SMILES string of the molecule is C/C=C\CC(C)c1cc(C)c(C)cc1Cl. The highest BCUT2D eigenvalue weighted by molar-refractivity contribution is 6.31. The van der Waals surface area contributed by atoms with Gasteiger partial charge in [-0.15, -0.1) is 0 Å². The molecule has 1 heteroatoms. The van der Waals surface area contributed by atoms with Crippen molar-refractivity contribution in [2.45, 2.75) is 40.0 Å². The summed E-state index contributed by atoms with van der Waals surface area (Å²) in [5.74, 6) is 0.494. The minimum absolute atomic E-state index is 0.494. The van der Waals surface area contributed by atoms with Crippen molar-refractivity contribution in [1.82, 2.24) is 0 Å². The molecule has 1 aromatic carbocycles. The molecule has 0 heterocycles. The molecule has 0 aromatic heterocycles. The molecule has 0 bridgehead atoms. The van der Waals surface area contributed by atoms with Gasteiger partial charge >= 0.3 is 0 Å². The molecule has 1 rings (SSSR count). The number of hydrogen-bond donors (Lipinski definition) is 0. The molecule has 0 nitrogen and oxygen atoms in total. The van der Waals surface area contributed by atoms with Crippen molar-refractivity contribution in [1.29, 1.82) is 0 Å². The third-order valence-corrected chi connectivity index (χ3v) is 3.20. The van der Waals surface area contributed by atoms with E-state index in [2.05, 4.69) is 52.0 Å². The van der Waals surface area contributed by atoms with Crippen molar-refractivity contribution in [3.8, 4) is 0 Å². The van der Waals surface area contributed by atoms with Crippen LogP contribution in [0.25, 0.3) is 0 Å². The molecule has 0 saturated heterocycles. The van der Waals surface area contributed by atoms with Crippen LogP contribution in [0.4, 0.5) is 0 Å². The van der Waals surface area contributed by atoms with Crippen LogP contribution in [-0.2, 0) is 0 Å². The zero-order chi connectivity index (χ0) is 11.4. The summed E-state index contributed by atoms with van der Waals surface area (Å²) in [6.07, 6.45) is 5.33. The third-order valence-electron chi connectivity index (χ3n) is 2.87. The van der Waals surface area contributed by atoms with Gasteiger partial charge in [0, 0.05) is 5.02 Å². The lowest BCUT2D eigenvalue weighted by Crippen LogP contribution is -1.95. The summed E-state index contributed by atoms with van der Waals surface area (Å²) in [5, 5.41) is 0.898. The highest BCUT2D eigenvalue weighted by Crippen LogP contribution is 2.29. The normalized spacial score (nSPS) is 13.4. The van der Waals surface area contributed by atoms with Gasteiger partial charge in [0.05, 0.1) is 0 Å². The molecule has 0 spiro atoms. The molecule has 0 fully saturated rings. The average molecular weight is 223 g/mol. The van der Waals surface area contributed by atoms with Gasteiger partial charge in [-0.3, -0.25) is 0 Å². The molecule has 0 N–H and O–H groups in total. The van der Waals surface area contributed by atoms with Gasteiger partial charge in [0.1, 0.15) is 0 Å². The summed E-state index contributed by atoms with van der Waals surface area (Å²) in [6, 6.07) is 4.28. The topological polar surface area (TPSA) is 0 Å². The quantitative estimate of drug-likeness (QED) is 0.630. The van der Waals surface area contributed by atoms with Gasteiger partial charge in [0.15, 0.2) is 0 Å². The summed E-state index contributed by atoms with van der Waals surface area (Å²) in [5.41, 5.74) is 3.85. The van der Waals surface area contributed by atoms with E-state index in [4.69, 9.17) is 11.6 Å². The maximum Gasteiger partial charge on any atom is 0.0443 e. The fourth-order valence-electron chi connectivity index (χ4n) is 1.65. The second kappa shape index (κ2) is 5.37. The Morgan fingerprint density at radius 3 is 2.47 bits per heavy atom. The summed E-state index contributed by atoms with van der Waals surface area (Å²) in [6.45, 7) is 8.50. The highest BCUT2D eigenvalue weighted by atomic mass is 35.5. The minimum Gasteiger partial charge on any atom is -0.0916 e. The Hall–Kier alpha value is -0.750. The summed E-state index contributed by atoms with van der Waals surface area (Å²) in [7, 11) is 0. The Morgan fingerprint density at radius 1 is 1.27 bits per heavy atom. The fourth-order valence-corrected chi connectivity index (χ4v) is 2.05. The van der Waals surface area contributed by atoms with Crippen LogP contribution < -0.4 is 0 Å². The molecule has 1 unspecified atom stereocenters. The number of halogens is 1. The average Bonchev–Trinajstić information content (AvgIpc) is 2.20. The van der Waals surface area contributed by atoms with Crippen LogP contribution in [0.3, 0.4) is 0 Å². The van der Waals surface area contributed by atoms with Crippen LogP contribution in [0.2, 0.25) is 5.02 Å². The van der Waals surface area contributed by atoms with E-state index in [0.717, 1.165) is 11.4 Å². The lowest BCUT2D eigenvalue weighted by molar-refractivity contribution is 0.778. The van der Waals surface area contributed by atoms with E-state index in [-0.39, 0.29) is 0 Å². The lowest BCUT2D eigenvalue weighted by atomic mass is 9.94. The van der Waals surface area contributed by atoms with Crippen LogP contribution in [0.15, 0.2) is 24.3 Å². The molecular weight excluding hydrogens is 204 g/mol. The molecule has 15 heavy (non-hydrogen) atoms. The van der Waals surface area contributed by atoms with Crippen LogP contribution in [0.1, 0.15) is 42.9 Å². The van der Waals surface area contributed by atoms with E-state index in [1.54, 1.807) is 0 Å². The number of aryl methyl sites for hydroxylation is 2. The molecule has 0 amide bonds. The van der Waals surface area contributed by atoms with Gasteiger partial charge in [-0.05, 0) is 55.9 Å². The first kappa shape index (κ1) is 12.3. The molecule has 1 atom stereocenters. The first-order valence-electron chi connectivity index (χ1n) is 5.44. The lowest BCUT2D eigenvalue weighted by Gasteiger charge is -2.14. The smallest absolute Gasteiger partial charge is 0.0443 e. The monoisotopic (exact) mass is 222 g/mol. The van der Waals surface area contributed by atoms with Crippen LogP contribution in [0.5, 0.6) is 0 Å². The first-order chi connectivity index (χ1) is 7.06. The van der Waals surface area contributed by atoms with Gasteiger partial charge < -0.3 is 0 Å². The van der Waals surface area contributed by atoms with Crippen molar-refractivity contribution in [2.24, 2.45) is 0 Å². The van der Waals surface area contributed by atoms with E-state index < -0.39 is 0 Å². The zero-order valence-electron chi connectivity index (χ0n) is 9.97. The molecule has 0 saturated carbocycles. The second-order valence-electron chi connectivity index (χ2n) is 4.16. The Morgan fingerprint density at radius 2 is 1.87 bits per heavy atom. The highest BCUT2D eigenvalue weighted by Gasteiger charge is 2.09. The Labute approximate surface area is 98.0 Å². The summed E-state index contributed by atoms with van der Waals surface area (Å²) in [4.78, 5) is 0. The fraction of sp³-hybridized carbons (Fsp3) is 0.429. The van der Waals surface area contributed by atoms with E-state index in [1.807, 2.05) is 0 Å². The molecule has 0 aliphatic rings. The largest absolute Gasteiger partial charge is 0.0916 e. The molecule has 0 radical (unpaired) electrons.